The van der Waals surface area contributed by atoms with Crippen LogP contribution in [0.5, 0.6) is 0 Å². The highest BCUT2D eigenvalue weighted by Gasteiger charge is 2.73. The summed E-state index contributed by atoms with van der Waals surface area (Å²) in [5, 5.41) is 39.5. The molecule has 3 fully saturated rings. The number of hydrogen-bond donors (Lipinski definition) is 4. The molecule has 2 aromatic carbocycles. The van der Waals surface area contributed by atoms with Gasteiger partial charge in [-0.3, -0.25) is 4.79 Å². The monoisotopic (exact) mass is 761 g/mol. The number of aliphatic hydroxyl groups is 3. The van der Waals surface area contributed by atoms with Crippen molar-refractivity contribution < 1.29 is 53.4 Å². The Labute approximate surface area is 322 Å². The Hall–Kier alpha value is -4.10. The summed E-state index contributed by atoms with van der Waals surface area (Å²) >= 11 is 0. The van der Waals surface area contributed by atoms with Crippen LogP contribution >= 0.6 is 0 Å². The van der Waals surface area contributed by atoms with Gasteiger partial charge in [-0.1, -0.05) is 76.2 Å². The minimum Gasteiger partial charge on any atom is -0.455 e. The molecule has 55 heavy (non-hydrogen) atoms. The molecule has 1 saturated heterocycles. The van der Waals surface area contributed by atoms with Crippen LogP contribution in [-0.4, -0.2) is 87.5 Å². The summed E-state index contributed by atoms with van der Waals surface area (Å²) < 4.78 is 23.6. The van der Waals surface area contributed by atoms with Crippen molar-refractivity contribution in [3.8, 4) is 0 Å². The Balaban J connectivity index is 1.44. The lowest BCUT2D eigenvalue weighted by molar-refractivity contribution is -0.302. The van der Waals surface area contributed by atoms with E-state index in [1.54, 1.807) is 97.0 Å². The number of fused-ring (bicyclic) bond motifs is 5. The van der Waals surface area contributed by atoms with E-state index in [0.29, 0.717) is 17.7 Å². The fourth-order valence-electron chi connectivity index (χ4n) is 10.2. The van der Waals surface area contributed by atoms with Crippen LogP contribution in [0, 0.1) is 28.1 Å². The third kappa shape index (κ3) is 6.68. The van der Waals surface area contributed by atoms with Gasteiger partial charge >= 0.3 is 18.0 Å². The third-order valence-electron chi connectivity index (χ3n) is 13.2. The molecule has 0 aromatic heterocycles. The standard InChI is InChI=1S/C43H55NO11/c1-23-27(21-43(51)24(2)34-41(8)22-52-29(41)20-28(45)42(34,9)35(47)32(46)30(23)40(43,6)7)53-37(49)33(54-36(48)26-18-14-11-15-19-26)31(25-16-12-10-13-17-25)44-38(50)55-39(3,4)5/h10-19,24,27-29,31-34,45-46,51H,20-22H2,1-9H3,(H,44,50)/t24?,27-,28-,29+,31-,32+,33+,34?,41+,42+,43+/m0/s1. The van der Waals surface area contributed by atoms with Gasteiger partial charge in [0.15, 0.2) is 5.78 Å². The fraction of sp³-hybridized carbons (Fsp3) is 0.581. The van der Waals surface area contributed by atoms with Crippen molar-refractivity contribution in [3.63, 3.8) is 0 Å². The first-order valence-electron chi connectivity index (χ1n) is 19.0. The second-order valence-electron chi connectivity index (χ2n) is 17.9. The van der Waals surface area contributed by atoms with Gasteiger partial charge in [0.05, 0.1) is 35.4 Å². The number of aliphatic hydroxyl groups excluding tert-OH is 2. The first-order chi connectivity index (χ1) is 25.6. The Bertz CT molecular complexity index is 1850. The Morgan fingerprint density at radius 3 is 2.13 bits per heavy atom. The fourth-order valence-corrected chi connectivity index (χ4v) is 10.2. The molecule has 2 unspecified atom stereocenters. The van der Waals surface area contributed by atoms with Crippen molar-refractivity contribution in [2.24, 2.45) is 28.1 Å². The molecule has 1 heterocycles. The normalized spacial score (nSPS) is 35.0. The summed E-state index contributed by atoms with van der Waals surface area (Å²) in [6, 6.07) is 15.3. The van der Waals surface area contributed by atoms with E-state index in [1.807, 2.05) is 13.8 Å². The van der Waals surface area contributed by atoms with E-state index in [9.17, 15) is 34.5 Å². The number of carbonyl (C=O) groups excluding carboxylic acids is 4. The SMILES string of the molecule is CC1=C2[C@@H](O)C(=O)[C@@]3(C)C(C(C)[C@](O)(C[C@@H]1OC(=O)[C@H](OC(=O)c1ccccc1)[C@@H](NC(=O)OC(C)(C)C)c1ccccc1)C2(C)C)[C@]1(C)CO[C@@H]1C[C@@H]3O. The maximum Gasteiger partial charge on any atom is 0.408 e. The van der Waals surface area contributed by atoms with E-state index in [0.717, 1.165) is 0 Å². The van der Waals surface area contributed by atoms with Gasteiger partial charge in [-0.05, 0) is 75.3 Å². The average molecular weight is 762 g/mol. The van der Waals surface area contributed by atoms with Crippen LogP contribution in [0.25, 0.3) is 0 Å². The second-order valence-corrected chi connectivity index (χ2v) is 17.9. The summed E-state index contributed by atoms with van der Waals surface area (Å²) in [4.78, 5) is 56.2. The van der Waals surface area contributed by atoms with Crippen LogP contribution < -0.4 is 5.32 Å². The van der Waals surface area contributed by atoms with Crippen LogP contribution in [0.4, 0.5) is 4.79 Å². The molecule has 4 N–H and O–H groups in total. The second kappa shape index (κ2) is 14.1. The molecule has 3 aliphatic carbocycles. The maximum atomic E-state index is 14.7. The predicted molar refractivity (Wildman–Crippen MR) is 200 cm³/mol. The van der Waals surface area contributed by atoms with Crippen LogP contribution in [0.1, 0.15) is 97.1 Å². The lowest BCUT2D eigenvalue weighted by Crippen LogP contribution is -2.75. The van der Waals surface area contributed by atoms with Gasteiger partial charge in [-0.2, -0.15) is 0 Å². The van der Waals surface area contributed by atoms with E-state index < -0.39 is 93.6 Å². The van der Waals surface area contributed by atoms with Gasteiger partial charge in [-0.25, -0.2) is 14.4 Å². The highest BCUT2D eigenvalue weighted by atomic mass is 16.6. The number of ether oxygens (including phenoxy) is 4. The smallest absolute Gasteiger partial charge is 0.408 e. The first-order valence-corrected chi connectivity index (χ1v) is 19.0. The number of amides is 1. The molecule has 2 aromatic rings. The summed E-state index contributed by atoms with van der Waals surface area (Å²) in [5.74, 6) is -3.75. The maximum absolute atomic E-state index is 14.7. The van der Waals surface area contributed by atoms with E-state index in [4.69, 9.17) is 18.9 Å². The molecule has 1 aliphatic heterocycles. The number of esters is 2. The minimum absolute atomic E-state index is 0.137. The summed E-state index contributed by atoms with van der Waals surface area (Å²) in [6.07, 6.45) is -6.96. The summed E-state index contributed by atoms with van der Waals surface area (Å²) in [7, 11) is 0. The number of rotatable bonds is 7. The van der Waals surface area contributed by atoms with Crippen molar-refractivity contribution >= 4 is 23.8 Å². The number of alkyl carbamates (subject to hydrolysis) is 1. The Morgan fingerprint density at radius 1 is 0.964 bits per heavy atom. The highest BCUT2D eigenvalue weighted by Crippen LogP contribution is 2.66. The van der Waals surface area contributed by atoms with Crippen molar-refractivity contribution in [2.75, 3.05) is 6.61 Å². The van der Waals surface area contributed by atoms with Crippen LogP contribution in [0.2, 0.25) is 0 Å². The van der Waals surface area contributed by atoms with E-state index >= 15 is 0 Å². The first kappa shape index (κ1) is 40.6. The van der Waals surface area contributed by atoms with E-state index in [1.165, 1.54) is 12.1 Å². The quantitative estimate of drug-likeness (QED) is 0.165. The van der Waals surface area contributed by atoms with Crippen LogP contribution in [0.3, 0.4) is 0 Å². The number of hydrogen-bond acceptors (Lipinski definition) is 11. The molecule has 4 aliphatic rings. The molecule has 12 heteroatoms. The largest absolute Gasteiger partial charge is 0.455 e. The average Bonchev–Trinajstić information content (AvgIpc) is 3.12. The van der Waals surface area contributed by atoms with Crippen molar-refractivity contribution in [1.29, 1.82) is 0 Å². The van der Waals surface area contributed by atoms with Crippen LogP contribution in [0.15, 0.2) is 71.8 Å². The van der Waals surface area contributed by atoms with E-state index in [-0.39, 0.29) is 30.1 Å². The number of Topliss-reactive ketones (excluding diaryl/α,β-unsaturated/α-hetero) is 1. The minimum atomic E-state index is -1.76. The van der Waals surface area contributed by atoms with Gasteiger partial charge in [0, 0.05) is 23.7 Å². The van der Waals surface area contributed by atoms with E-state index in [2.05, 4.69) is 5.32 Å². The molecule has 2 saturated carbocycles. The lowest BCUT2D eigenvalue weighted by atomic mass is 9.40. The molecular formula is C43H55NO11. The van der Waals surface area contributed by atoms with Gasteiger partial charge in [0.2, 0.25) is 6.10 Å². The molecule has 6 rings (SSSR count). The number of benzene rings is 2. The summed E-state index contributed by atoms with van der Waals surface area (Å²) in [5.41, 5.74) is -4.68. The van der Waals surface area contributed by atoms with Crippen LogP contribution in [-0.2, 0) is 28.5 Å². The Kier molecular flexibility index (Phi) is 10.4. The van der Waals surface area contributed by atoms with Crippen molar-refractivity contribution in [2.45, 2.75) is 123 Å². The lowest BCUT2D eigenvalue weighted by Gasteiger charge is -2.68. The summed E-state index contributed by atoms with van der Waals surface area (Å²) in [6.45, 7) is 16.1. The zero-order chi connectivity index (χ0) is 40.5. The zero-order valence-electron chi connectivity index (χ0n) is 33.1. The molecule has 11 atom stereocenters. The molecule has 298 valence electrons. The topological polar surface area (TPSA) is 178 Å². The molecular weight excluding hydrogens is 706 g/mol. The number of ketones is 1. The number of carbonyl (C=O) groups is 4. The van der Waals surface area contributed by atoms with Gasteiger partial charge < -0.3 is 39.6 Å². The highest BCUT2D eigenvalue weighted by molar-refractivity contribution is 5.93. The van der Waals surface area contributed by atoms with Crippen molar-refractivity contribution in [3.05, 3.63) is 82.9 Å². The zero-order valence-corrected chi connectivity index (χ0v) is 33.1. The molecule has 12 nitrogen and oxygen atoms in total. The number of nitrogens with one attached hydrogen (secondary N) is 1. The third-order valence-corrected chi connectivity index (χ3v) is 13.2. The molecule has 1 amide bonds. The molecule has 0 spiro atoms. The van der Waals surface area contributed by atoms with Gasteiger partial charge in [0.1, 0.15) is 23.9 Å². The molecule has 2 bridgehead atoms. The predicted octanol–water partition coefficient (Wildman–Crippen LogP) is 5.24. The van der Waals surface area contributed by atoms with Crippen molar-refractivity contribution in [1.82, 2.24) is 5.32 Å². The van der Waals surface area contributed by atoms with Gasteiger partial charge in [0.25, 0.3) is 0 Å². The Morgan fingerprint density at radius 2 is 1.56 bits per heavy atom. The van der Waals surface area contributed by atoms with Gasteiger partial charge in [-0.15, -0.1) is 0 Å². The molecule has 0 radical (unpaired) electrons.